The van der Waals surface area contributed by atoms with Crippen LogP contribution in [0.15, 0.2) is 146 Å². The van der Waals surface area contributed by atoms with Gasteiger partial charge in [0.15, 0.2) is 6.10 Å². The molecule has 6 rings (SSSR count). The van der Waals surface area contributed by atoms with Gasteiger partial charge in [-0.1, -0.05) is 133 Å². The zero-order valence-electron chi connectivity index (χ0n) is 24.2. The molecule has 0 unspecified atom stereocenters. The maximum Gasteiger partial charge on any atom is 0.223 e. The molecule has 2 N–H and O–H groups in total. The third-order valence-electron chi connectivity index (χ3n) is 8.16. The molecule has 1 aliphatic heterocycles. The highest BCUT2D eigenvalue weighted by atomic mass is 19.1. The Labute approximate surface area is 257 Å². The van der Waals surface area contributed by atoms with Crippen LogP contribution in [0.1, 0.15) is 27.8 Å². The van der Waals surface area contributed by atoms with Crippen LogP contribution in [-0.2, 0) is 45.2 Å². The van der Waals surface area contributed by atoms with E-state index in [2.05, 4.69) is 0 Å². The third kappa shape index (κ3) is 6.22. The largest absolute Gasteiger partial charge is 0.379 e. The van der Waals surface area contributed by atoms with E-state index in [4.69, 9.17) is 14.2 Å². The highest BCUT2D eigenvalue weighted by Gasteiger charge is 2.64. The van der Waals surface area contributed by atoms with Crippen molar-refractivity contribution in [3.05, 3.63) is 179 Å². The molecule has 1 saturated heterocycles. The number of ether oxygens (including phenoxy) is 3. The molecule has 1 aliphatic rings. The first-order valence-electron chi connectivity index (χ1n) is 14.8. The summed E-state index contributed by atoms with van der Waals surface area (Å²) >= 11 is 0. The fraction of sp³-hybridized carbons (Fsp3) is 0.211. The lowest BCUT2D eigenvalue weighted by Gasteiger charge is -2.55. The van der Waals surface area contributed by atoms with E-state index in [1.165, 1.54) is 12.1 Å². The highest BCUT2D eigenvalue weighted by Crippen LogP contribution is 2.50. The lowest BCUT2D eigenvalue weighted by molar-refractivity contribution is -0.399. The summed E-state index contributed by atoms with van der Waals surface area (Å²) < 4.78 is 33.7. The monoisotopic (exact) mass is 590 g/mol. The van der Waals surface area contributed by atoms with Crippen LogP contribution in [-0.4, -0.2) is 28.5 Å². The van der Waals surface area contributed by atoms with Crippen molar-refractivity contribution in [2.75, 3.05) is 0 Å². The summed E-state index contributed by atoms with van der Waals surface area (Å²) in [6, 6.07) is 43.5. The van der Waals surface area contributed by atoms with Crippen molar-refractivity contribution < 1.29 is 28.8 Å². The average Bonchev–Trinajstić information content (AvgIpc) is 3.07. The van der Waals surface area contributed by atoms with Crippen LogP contribution in [0.25, 0.3) is 0 Å². The van der Waals surface area contributed by atoms with E-state index >= 15 is 0 Å². The maximum atomic E-state index is 13.9. The lowest BCUT2D eigenvalue weighted by Crippen LogP contribution is -2.70. The van der Waals surface area contributed by atoms with Gasteiger partial charge in [-0.2, -0.15) is 0 Å². The van der Waals surface area contributed by atoms with Crippen LogP contribution in [0.2, 0.25) is 0 Å². The minimum Gasteiger partial charge on any atom is -0.379 e. The van der Waals surface area contributed by atoms with Crippen molar-refractivity contribution >= 4 is 0 Å². The molecule has 0 spiro atoms. The predicted molar refractivity (Wildman–Crippen MR) is 166 cm³/mol. The highest BCUT2D eigenvalue weighted by molar-refractivity contribution is 5.34. The summed E-state index contributed by atoms with van der Waals surface area (Å²) in [5, 5.41) is 25.8. The molecule has 5 aromatic rings. The quantitative estimate of drug-likeness (QED) is 0.190. The van der Waals surface area contributed by atoms with E-state index in [0.29, 0.717) is 11.1 Å². The van der Waals surface area contributed by atoms with Gasteiger partial charge in [0.25, 0.3) is 0 Å². The standard InChI is InChI=1S/C38H35FO5/c39-33-23-21-28(22-24-33)25-34-35(42-26-29-13-5-1-6-14-29)37(40,31-17-9-3-10-18-31)36(43-27-30-15-7-2-8-16-30)38(41,44-34)32-19-11-4-12-20-32/h1-24,34-36,40-41H,25-27H2/t34-,35-,36+,37-,38+/m1/s1. The smallest absolute Gasteiger partial charge is 0.223 e. The summed E-state index contributed by atoms with van der Waals surface area (Å²) in [6.07, 6.45) is -2.95. The fourth-order valence-corrected chi connectivity index (χ4v) is 5.99. The van der Waals surface area contributed by atoms with Crippen molar-refractivity contribution in [1.29, 1.82) is 0 Å². The van der Waals surface area contributed by atoms with E-state index in [1.54, 1.807) is 36.4 Å². The Morgan fingerprint density at radius 1 is 0.568 bits per heavy atom. The number of hydrogen-bond donors (Lipinski definition) is 2. The SMILES string of the molecule is O[C@]1(c2ccccc2)[C@H](OCc2ccccc2)[C@@H](Cc2ccc(F)cc2)O[C@@](O)(c2ccccc2)[C@H]1OCc1ccccc1. The van der Waals surface area contributed by atoms with Gasteiger partial charge in [0, 0.05) is 12.0 Å². The van der Waals surface area contributed by atoms with Gasteiger partial charge < -0.3 is 24.4 Å². The van der Waals surface area contributed by atoms with Gasteiger partial charge in [-0.25, -0.2) is 4.39 Å². The van der Waals surface area contributed by atoms with Gasteiger partial charge in [0.2, 0.25) is 5.79 Å². The van der Waals surface area contributed by atoms with Gasteiger partial charge >= 0.3 is 0 Å². The van der Waals surface area contributed by atoms with Gasteiger partial charge in [-0.3, -0.25) is 0 Å². The number of rotatable bonds is 10. The second-order valence-corrected chi connectivity index (χ2v) is 11.1. The van der Waals surface area contributed by atoms with E-state index < -0.39 is 29.7 Å². The first-order valence-corrected chi connectivity index (χ1v) is 14.8. The summed E-state index contributed by atoms with van der Waals surface area (Å²) in [5.41, 5.74) is 1.59. The van der Waals surface area contributed by atoms with Crippen LogP contribution >= 0.6 is 0 Å². The van der Waals surface area contributed by atoms with Gasteiger partial charge in [-0.05, 0) is 34.4 Å². The molecular weight excluding hydrogens is 555 g/mol. The molecule has 0 bridgehead atoms. The molecule has 5 nitrogen and oxygen atoms in total. The molecule has 0 aliphatic carbocycles. The van der Waals surface area contributed by atoms with Crippen LogP contribution in [0, 0.1) is 5.82 Å². The Balaban J connectivity index is 1.50. The topological polar surface area (TPSA) is 68.2 Å². The zero-order valence-corrected chi connectivity index (χ0v) is 24.2. The summed E-state index contributed by atoms with van der Waals surface area (Å²) in [5.74, 6) is -2.44. The first kappa shape index (κ1) is 29.9. The van der Waals surface area contributed by atoms with Crippen molar-refractivity contribution in [2.24, 2.45) is 0 Å². The number of hydrogen-bond acceptors (Lipinski definition) is 5. The third-order valence-corrected chi connectivity index (χ3v) is 8.16. The Hall–Kier alpha value is -4.17. The Morgan fingerprint density at radius 2 is 1.05 bits per heavy atom. The second kappa shape index (κ2) is 13.2. The van der Waals surface area contributed by atoms with E-state index in [-0.39, 0.29) is 25.5 Å². The molecule has 0 radical (unpaired) electrons. The van der Waals surface area contributed by atoms with Gasteiger partial charge in [0.05, 0.1) is 19.3 Å². The van der Waals surface area contributed by atoms with Crippen molar-refractivity contribution in [2.45, 2.75) is 49.3 Å². The molecule has 6 heteroatoms. The van der Waals surface area contributed by atoms with Crippen molar-refractivity contribution in [1.82, 2.24) is 0 Å². The minimum absolute atomic E-state index is 0.104. The summed E-state index contributed by atoms with van der Waals surface area (Å²) in [4.78, 5) is 0. The Bertz CT molecular complexity index is 1600. The first-order chi connectivity index (χ1) is 21.5. The zero-order chi connectivity index (χ0) is 30.4. The number of halogens is 1. The lowest BCUT2D eigenvalue weighted by atomic mass is 9.72. The Kier molecular flexibility index (Phi) is 8.98. The second-order valence-electron chi connectivity index (χ2n) is 11.1. The molecule has 5 aromatic carbocycles. The van der Waals surface area contributed by atoms with Crippen LogP contribution in [0.4, 0.5) is 4.39 Å². The molecule has 1 fully saturated rings. The van der Waals surface area contributed by atoms with Gasteiger partial charge in [0.1, 0.15) is 17.5 Å². The van der Waals surface area contributed by atoms with Crippen molar-refractivity contribution in [3.8, 4) is 0 Å². The Morgan fingerprint density at radius 3 is 1.59 bits per heavy atom. The van der Waals surface area contributed by atoms with E-state index in [1.807, 2.05) is 97.1 Å². The molecule has 44 heavy (non-hydrogen) atoms. The molecule has 224 valence electrons. The van der Waals surface area contributed by atoms with Crippen LogP contribution in [0.3, 0.4) is 0 Å². The normalized spacial score (nSPS) is 25.0. The number of benzene rings is 5. The average molecular weight is 591 g/mol. The number of aliphatic hydroxyl groups is 2. The summed E-state index contributed by atoms with van der Waals surface area (Å²) in [6.45, 7) is 0.284. The van der Waals surface area contributed by atoms with E-state index in [0.717, 1.165) is 16.7 Å². The molecule has 5 atom stereocenters. The van der Waals surface area contributed by atoms with Crippen LogP contribution < -0.4 is 0 Å². The molecule has 1 heterocycles. The molecule has 0 amide bonds. The van der Waals surface area contributed by atoms with Crippen LogP contribution in [0.5, 0.6) is 0 Å². The van der Waals surface area contributed by atoms with Gasteiger partial charge in [-0.15, -0.1) is 0 Å². The summed E-state index contributed by atoms with van der Waals surface area (Å²) in [7, 11) is 0. The van der Waals surface area contributed by atoms with E-state index in [9.17, 15) is 14.6 Å². The maximum absolute atomic E-state index is 13.9. The fourth-order valence-electron chi connectivity index (χ4n) is 5.99. The molecular formula is C38H35FO5. The minimum atomic E-state index is -2.09. The predicted octanol–water partition coefficient (Wildman–Crippen LogP) is 6.67. The molecule has 0 saturated carbocycles. The van der Waals surface area contributed by atoms with Crippen molar-refractivity contribution in [3.63, 3.8) is 0 Å². The molecule has 0 aromatic heterocycles.